The number of ether oxygens (including phenoxy) is 3. The summed E-state index contributed by atoms with van der Waals surface area (Å²) in [6, 6.07) is 6.53. The third kappa shape index (κ3) is 5.38. The molecule has 0 saturated carbocycles. The Hall–Kier alpha value is -2.88. The molecule has 2 aromatic carbocycles. The average Bonchev–Trinajstić information content (AvgIpc) is 2.64. The Bertz CT molecular complexity index is 1030. The normalized spacial score (nSPS) is 11.7. The van der Waals surface area contributed by atoms with E-state index in [1.54, 1.807) is 26.8 Å². The Balaban J connectivity index is 2.57. The van der Waals surface area contributed by atoms with Gasteiger partial charge in [0, 0.05) is 17.7 Å². The molecule has 0 atom stereocenters. The molecule has 164 valence electrons. The summed E-state index contributed by atoms with van der Waals surface area (Å²) in [5, 5.41) is 0. The molecule has 7 nitrogen and oxygen atoms in total. The summed E-state index contributed by atoms with van der Waals surface area (Å²) in [7, 11) is -1.92. The van der Waals surface area contributed by atoms with E-state index >= 15 is 0 Å². The van der Waals surface area contributed by atoms with Gasteiger partial charge in [0.15, 0.2) is 0 Å². The Kier molecular flexibility index (Phi) is 6.91. The summed E-state index contributed by atoms with van der Waals surface area (Å²) in [5.74, 6) is -1.58. The predicted octanol–water partition coefficient (Wildman–Crippen LogP) is 4.11. The van der Waals surface area contributed by atoms with Crippen LogP contribution in [0.1, 0.15) is 26.3 Å². The van der Waals surface area contributed by atoms with E-state index in [-0.39, 0.29) is 5.75 Å². The maximum Gasteiger partial charge on any atom is 0.424 e. The molecule has 0 aliphatic carbocycles. The Labute approximate surface area is 174 Å². The molecule has 0 N–H and O–H groups in total. The zero-order valence-corrected chi connectivity index (χ0v) is 18.0. The van der Waals surface area contributed by atoms with Crippen LogP contribution in [-0.4, -0.2) is 38.6 Å². The van der Waals surface area contributed by atoms with Crippen molar-refractivity contribution in [1.82, 2.24) is 4.31 Å². The average molecular weight is 443 g/mol. The Morgan fingerprint density at radius 1 is 1.03 bits per heavy atom. The van der Waals surface area contributed by atoms with E-state index in [1.807, 2.05) is 0 Å². The number of rotatable bonds is 6. The van der Waals surface area contributed by atoms with Gasteiger partial charge in [-0.1, -0.05) is 0 Å². The molecule has 2 rings (SSSR count). The minimum Gasteiger partial charge on any atom is -0.497 e. The molecule has 2 aromatic rings. The van der Waals surface area contributed by atoms with Crippen molar-refractivity contribution in [3.63, 3.8) is 0 Å². The van der Waals surface area contributed by atoms with Crippen molar-refractivity contribution in [2.75, 3.05) is 14.2 Å². The van der Waals surface area contributed by atoms with Crippen LogP contribution in [0.4, 0.5) is 13.6 Å². The van der Waals surface area contributed by atoms with Gasteiger partial charge in [0.05, 0.1) is 20.8 Å². The van der Waals surface area contributed by atoms with Crippen LogP contribution in [0.2, 0.25) is 0 Å². The van der Waals surface area contributed by atoms with E-state index in [1.165, 1.54) is 26.4 Å². The minimum absolute atomic E-state index is 0.248. The van der Waals surface area contributed by atoms with E-state index in [9.17, 15) is 22.0 Å². The van der Waals surface area contributed by atoms with Gasteiger partial charge in [0.2, 0.25) is 0 Å². The van der Waals surface area contributed by atoms with Gasteiger partial charge in [0.25, 0.3) is 10.0 Å². The van der Waals surface area contributed by atoms with E-state index in [0.717, 1.165) is 12.1 Å². The summed E-state index contributed by atoms with van der Waals surface area (Å²) in [5.41, 5.74) is -0.717. The second-order valence-corrected chi connectivity index (χ2v) is 9.08. The van der Waals surface area contributed by atoms with Crippen LogP contribution in [0, 0.1) is 11.6 Å². The molecule has 0 radical (unpaired) electrons. The molecular weight excluding hydrogens is 420 g/mol. The van der Waals surface area contributed by atoms with Gasteiger partial charge in [-0.2, -0.15) is 4.31 Å². The predicted molar refractivity (Wildman–Crippen MR) is 105 cm³/mol. The van der Waals surface area contributed by atoms with Crippen molar-refractivity contribution in [2.45, 2.75) is 37.8 Å². The summed E-state index contributed by atoms with van der Waals surface area (Å²) in [6.07, 6.45) is -1.22. The fourth-order valence-electron chi connectivity index (χ4n) is 2.50. The van der Waals surface area contributed by atoms with Crippen molar-refractivity contribution < 1.29 is 36.2 Å². The largest absolute Gasteiger partial charge is 0.497 e. The van der Waals surface area contributed by atoms with Gasteiger partial charge in [-0.15, -0.1) is 0 Å². The quantitative estimate of drug-likeness (QED) is 0.668. The van der Waals surface area contributed by atoms with Crippen LogP contribution < -0.4 is 9.47 Å². The highest BCUT2D eigenvalue weighted by Crippen LogP contribution is 2.29. The van der Waals surface area contributed by atoms with Crippen molar-refractivity contribution in [2.24, 2.45) is 0 Å². The highest BCUT2D eigenvalue weighted by Gasteiger charge is 2.35. The summed E-state index contributed by atoms with van der Waals surface area (Å²) in [6.45, 7) is 4.16. The lowest BCUT2D eigenvalue weighted by Gasteiger charge is -2.27. The van der Waals surface area contributed by atoms with Gasteiger partial charge in [-0.3, -0.25) is 0 Å². The number of nitrogens with zero attached hydrogens (tertiary/aromatic N) is 1. The lowest BCUT2D eigenvalue weighted by molar-refractivity contribution is 0.0380. The van der Waals surface area contributed by atoms with E-state index in [4.69, 9.17) is 14.2 Å². The SMILES string of the molecule is COc1ccc(CN(C(=O)OC(C)(C)C)S(=O)(=O)c2ccc(F)cc2F)c(OC)c1. The van der Waals surface area contributed by atoms with Gasteiger partial charge in [0.1, 0.15) is 33.6 Å². The Morgan fingerprint density at radius 2 is 1.70 bits per heavy atom. The molecule has 0 spiro atoms. The summed E-state index contributed by atoms with van der Waals surface area (Å²) in [4.78, 5) is 11.9. The standard InChI is InChI=1S/C20H23F2NO6S/c1-20(2,3)29-19(24)23(12-13-6-8-15(27-4)11-17(13)28-5)30(25,26)18-9-7-14(21)10-16(18)22/h6-11H,12H2,1-5H3. The maximum atomic E-state index is 14.3. The zero-order chi connectivity index (χ0) is 22.7. The number of hydrogen-bond donors (Lipinski definition) is 0. The first-order chi connectivity index (χ1) is 13.9. The second-order valence-electron chi connectivity index (χ2n) is 7.24. The van der Waals surface area contributed by atoms with Gasteiger partial charge < -0.3 is 14.2 Å². The number of halogens is 2. The Morgan fingerprint density at radius 3 is 2.23 bits per heavy atom. The molecule has 0 fully saturated rings. The zero-order valence-electron chi connectivity index (χ0n) is 17.2. The number of hydrogen-bond acceptors (Lipinski definition) is 6. The first kappa shape index (κ1) is 23.4. The maximum absolute atomic E-state index is 14.3. The first-order valence-electron chi connectivity index (χ1n) is 8.80. The molecule has 0 aromatic heterocycles. The number of carbonyl (C=O) groups is 1. The third-order valence-electron chi connectivity index (χ3n) is 3.87. The molecule has 0 saturated heterocycles. The lowest BCUT2D eigenvalue weighted by Crippen LogP contribution is -2.40. The third-order valence-corrected chi connectivity index (χ3v) is 5.61. The van der Waals surface area contributed by atoms with Crippen molar-refractivity contribution in [1.29, 1.82) is 0 Å². The fourth-order valence-corrected chi connectivity index (χ4v) is 3.83. The smallest absolute Gasteiger partial charge is 0.424 e. The van der Waals surface area contributed by atoms with Crippen molar-refractivity contribution >= 4 is 16.1 Å². The first-order valence-corrected chi connectivity index (χ1v) is 10.2. The molecule has 0 bridgehead atoms. The molecular formula is C20H23F2NO6S. The van der Waals surface area contributed by atoms with E-state index < -0.39 is 44.8 Å². The van der Waals surface area contributed by atoms with Crippen molar-refractivity contribution in [3.8, 4) is 11.5 Å². The molecule has 0 unspecified atom stereocenters. The summed E-state index contributed by atoms with van der Waals surface area (Å²) >= 11 is 0. The van der Waals surface area contributed by atoms with Gasteiger partial charge in [-0.05, 0) is 45.0 Å². The molecule has 0 heterocycles. The minimum atomic E-state index is -4.73. The second kappa shape index (κ2) is 8.86. The van der Waals surface area contributed by atoms with Gasteiger partial charge in [-0.25, -0.2) is 22.0 Å². The lowest BCUT2D eigenvalue weighted by atomic mass is 10.2. The number of amides is 1. The van der Waals surface area contributed by atoms with Crippen LogP contribution in [0.15, 0.2) is 41.3 Å². The van der Waals surface area contributed by atoms with E-state index in [2.05, 4.69) is 0 Å². The molecule has 10 heteroatoms. The molecule has 1 amide bonds. The van der Waals surface area contributed by atoms with Crippen LogP contribution in [0.5, 0.6) is 11.5 Å². The molecule has 0 aliphatic heterocycles. The highest BCUT2D eigenvalue weighted by molar-refractivity contribution is 7.89. The number of benzene rings is 2. The van der Waals surface area contributed by atoms with Crippen molar-refractivity contribution in [3.05, 3.63) is 53.6 Å². The number of sulfonamides is 1. The monoisotopic (exact) mass is 443 g/mol. The highest BCUT2D eigenvalue weighted by atomic mass is 32.2. The fraction of sp³-hybridized carbons (Fsp3) is 0.350. The topological polar surface area (TPSA) is 82.1 Å². The van der Waals surface area contributed by atoms with Crippen LogP contribution in [0.3, 0.4) is 0 Å². The van der Waals surface area contributed by atoms with Crippen LogP contribution in [0.25, 0.3) is 0 Å². The number of methoxy groups -OCH3 is 2. The summed E-state index contributed by atoms with van der Waals surface area (Å²) < 4.78 is 69.7. The number of carbonyl (C=O) groups excluding carboxylic acids is 1. The molecule has 30 heavy (non-hydrogen) atoms. The molecule has 0 aliphatic rings. The van der Waals surface area contributed by atoms with Crippen LogP contribution in [-0.2, 0) is 21.3 Å². The van der Waals surface area contributed by atoms with E-state index in [0.29, 0.717) is 21.7 Å². The van der Waals surface area contributed by atoms with Gasteiger partial charge >= 0.3 is 6.09 Å². The van der Waals surface area contributed by atoms with Crippen LogP contribution >= 0.6 is 0 Å².